The van der Waals surface area contributed by atoms with Crippen LogP contribution in [0.5, 0.6) is 0 Å². The molecule has 0 saturated carbocycles. The van der Waals surface area contributed by atoms with Gasteiger partial charge in [-0.05, 0) is 96.5 Å². The summed E-state index contributed by atoms with van der Waals surface area (Å²) in [7, 11) is 0. The molecule has 6 heteroatoms. The van der Waals surface area contributed by atoms with E-state index in [9.17, 15) is 0 Å². The molecule has 0 aliphatic rings. The molecule has 0 atom stereocenters. The minimum atomic E-state index is 0.881. The number of hydrogen-bond donors (Lipinski definition) is 0. The largest absolute Gasteiger partial charge is 0.255 e. The molecule has 0 aliphatic heterocycles. The lowest BCUT2D eigenvalue weighted by atomic mass is 10.1. The zero-order valence-electron chi connectivity index (χ0n) is 22.1. The van der Waals surface area contributed by atoms with Gasteiger partial charge >= 0.3 is 0 Å². The van der Waals surface area contributed by atoms with E-state index in [1.807, 2.05) is 73.3 Å². The van der Waals surface area contributed by atoms with Crippen LogP contribution in [0.1, 0.15) is 22.3 Å². The van der Waals surface area contributed by atoms with Crippen molar-refractivity contribution in [3.05, 3.63) is 144 Å². The maximum absolute atomic E-state index is 4.67. The van der Waals surface area contributed by atoms with Crippen molar-refractivity contribution in [1.82, 2.24) is 29.9 Å². The Kier molecular flexibility index (Phi) is 7.67. The molecule has 0 fully saturated rings. The van der Waals surface area contributed by atoms with Gasteiger partial charge in [-0.3, -0.25) is 29.9 Å². The van der Waals surface area contributed by atoms with Crippen molar-refractivity contribution in [2.24, 2.45) is 0 Å². The molecule has 6 aromatic heterocycles. The number of aryl methyl sites for hydroxylation is 4. The van der Waals surface area contributed by atoms with Crippen LogP contribution in [-0.2, 0) is 25.7 Å². The van der Waals surface area contributed by atoms with Crippen LogP contribution in [0.4, 0.5) is 0 Å². The molecule has 0 bridgehead atoms. The van der Waals surface area contributed by atoms with Gasteiger partial charge in [0.15, 0.2) is 0 Å². The van der Waals surface area contributed by atoms with Crippen molar-refractivity contribution in [1.29, 1.82) is 0 Å². The number of nitrogens with zero attached hydrogens (tertiary/aromatic N) is 6. The molecule has 6 heterocycles. The minimum Gasteiger partial charge on any atom is -0.255 e. The van der Waals surface area contributed by atoms with Gasteiger partial charge in [-0.1, -0.05) is 36.4 Å². The van der Waals surface area contributed by atoms with Crippen LogP contribution < -0.4 is 0 Å². The monoisotopic (exact) mass is 520 g/mol. The zero-order chi connectivity index (χ0) is 27.0. The van der Waals surface area contributed by atoms with Crippen LogP contribution in [0.3, 0.4) is 0 Å². The molecule has 6 rings (SSSR count). The van der Waals surface area contributed by atoms with E-state index in [0.717, 1.165) is 59.8 Å². The SMILES string of the molecule is c1ccc(-c2ccc(CCc3ccc(-c4ccc(CCc5ccc(-c6ccccn6)nc5)cn4)nc3)cn2)nc1. The summed E-state index contributed by atoms with van der Waals surface area (Å²) in [6.07, 6.45) is 15.0. The van der Waals surface area contributed by atoms with E-state index in [4.69, 9.17) is 0 Å². The average molecular weight is 521 g/mol. The summed E-state index contributed by atoms with van der Waals surface area (Å²) in [6.45, 7) is 0. The lowest BCUT2D eigenvalue weighted by Gasteiger charge is -2.06. The van der Waals surface area contributed by atoms with Crippen molar-refractivity contribution in [3.8, 4) is 34.2 Å². The van der Waals surface area contributed by atoms with Gasteiger partial charge in [-0.15, -0.1) is 0 Å². The summed E-state index contributed by atoms with van der Waals surface area (Å²) < 4.78 is 0. The highest BCUT2D eigenvalue weighted by atomic mass is 14.8. The summed E-state index contributed by atoms with van der Waals surface area (Å²) in [4.78, 5) is 27.2. The van der Waals surface area contributed by atoms with Gasteiger partial charge in [-0.2, -0.15) is 0 Å². The van der Waals surface area contributed by atoms with Crippen molar-refractivity contribution in [2.45, 2.75) is 25.7 Å². The number of hydrogen-bond acceptors (Lipinski definition) is 6. The van der Waals surface area contributed by atoms with Gasteiger partial charge < -0.3 is 0 Å². The van der Waals surface area contributed by atoms with E-state index in [-0.39, 0.29) is 0 Å². The summed E-state index contributed by atoms with van der Waals surface area (Å²) >= 11 is 0. The second-order valence-corrected chi connectivity index (χ2v) is 9.64. The number of aromatic nitrogens is 6. The van der Waals surface area contributed by atoms with Crippen LogP contribution in [0, 0.1) is 0 Å². The van der Waals surface area contributed by atoms with Gasteiger partial charge in [0, 0.05) is 37.2 Å². The lowest BCUT2D eigenvalue weighted by Crippen LogP contribution is -1.96. The number of pyridine rings is 6. The van der Waals surface area contributed by atoms with Crippen LogP contribution in [0.2, 0.25) is 0 Å². The first-order valence-corrected chi connectivity index (χ1v) is 13.4. The van der Waals surface area contributed by atoms with Gasteiger partial charge in [0.2, 0.25) is 0 Å². The first kappa shape index (κ1) is 25.2. The molecule has 0 aliphatic carbocycles. The molecule has 40 heavy (non-hydrogen) atoms. The van der Waals surface area contributed by atoms with Crippen LogP contribution in [0.25, 0.3) is 34.2 Å². The fraction of sp³-hybridized carbons (Fsp3) is 0.118. The maximum atomic E-state index is 4.67. The van der Waals surface area contributed by atoms with Crippen LogP contribution in [-0.4, -0.2) is 29.9 Å². The van der Waals surface area contributed by atoms with Gasteiger partial charge in [0.05, 0.1) is 34.2 Å². The standard InChI is InChI=1S/C34H28N6/c1-3-19-35-29(5-1)31-15-11-25(21-37-31)7-9-27-13-17-33(39-23-27)34-18-14-28(24-40-34)10-8-26-12-16-32(38-22-26)30-6-2-4-20-36-30/h1-6,11-24H,7-10H2. The Morgan fingerprint density at radius 3 is 0.825 bits per heavy atom. The summed E-state index contributed by atoms with van der Waals surface area (Å²) in [5, 5.41) is 0. The molecule has 0 radical (unpaired) electrons. The average Bonchev–Trinajstić information content (AvgIpc) is 3.05. The highest BCUT2D eigenvalue weighted by molar-refractivity contribution is 5.55. The van der Waals surface area contributed by atoms with Crippen molar-refractivity contribution < 1.29 is 0 Å². The summed E-state index contributed by atoms with van der Waals surface area (Å²) in [6, 6.07) is 28.4. The van der Waals surface area contributed by atoms with Crippen LogP contribution >= 0.6 is 0 Å². The van der Waals surface area contributed by atoms with E-state index in [1.54, 1.807) is 12.4 Å². The Bertz CT molecular complexity index is 1510. The van der Waals surface area contributed by atoms with Crippen molar-refractivity contribution in [2.75, 3.05) is 0 Å². The molecular weight excluding hydrogens is 492 g/mol. The van der Waals surface area contributed by atoms with Gasteiger partial charge in [-0.25, -0.2) is 0 Å². The molecule has 0 saturated heterocycles. The Labute approximate surface area is 233 Å². The second-order valence-electron chi connectivity index (χ2n) is 9.64. The highest BCUT2D eigenvalue weighted by Crippen LogP contribution is 2.19. The molecule has 0 amide bonds. The van der Waals surface area contributed by atoms with E-state index in [1.165, 1.54) is 22.3 Å². The Morgan fingerprint density at radius 2 is 0.600 bits per heavy atom. The fourth-order valence-corrected chi connectivity index (χ4v) is 4.50. The minimum absolute atomic E-state index is 0.881. The fourth-order valence-electron chi connectivity index (χ4n) is 4.50. The second kappa shape index (κ2) is 12.2. The smallest absolute Gasteiger partial charge is 0.0886 e. The highest BCUT2D eigenvalue weighted by Gasteiger charge is 2.06. The Hall–Kier alpha value is -5.10. The van der Waals surface area contributed by atoms with Gasteiger partial charge in [0.1, 0.15) is 0 Å². The molecule has 0 N–H and O–H groups in total. The van der Waals surface area contributed by atoms with E-state index in [0.29, 0.717) is 0 Å². The summed E-state index contributed by atoms with van der Waals surface area (Å²) in [5.41, 5.74) is 10.1. The third-order valence-electron chi connectivity index (χ3n) is 6.82. The van der Waals surface area contributed by atoms with E-state index < -0.39 is 0 Å². The Balaban J connectivity index is 1.01. The maximum Gasteiger partial charge on any atom is 0.0886 e. The molecule has 194 valence electrons. The predicted molar refractivity (Wildman–Crippen MR) is 157 cm³/mol. The predicted octanol–water partition coefficient (Wildman–Crippen LogP) is 6.63. The Morgan fingerprint density at radius 1 is 0.300 bits per heavy atom. The van der Waals surface area contributed by atoms with E-state index in [2.05, 4.69) is 66.3 Å². The van der Waals surface area contributed by atoms with E-state index >= 15 is 0 Å². The zero-order valence-corrected chi connectivity index (χ0v) is 22.1. The quantitative estimate of drug-likeness (QED) is 0.213. The summed E-state index contributed by atoms with van der Waals surface area (Å²) in [5.74, 6) is 0. The molecule has 0 spiro atoms. The molecular formula is C34H28N6. The third-order valence-corrected chi connectivity index (χ3v) is 6.82. The molecule has 6 aromatic rings. The molecule has 6 nitrogen and oxygen atoms in total. The lowest BCUT2D eigenvalue weighted by molar-refractivity contribution is 0.937. The normalized spacial score (nSPS) is 10.9. The van der Waals surface area contributed by atoms with Gasteiger partial charge in [0.25, 0.3) is 0 Å². The first-order valence-electron chi connectivity index (χ1n) is 13.4. The molecule has 0 unspecified atom stereocenters. The van der Waals surface area contributed by atoms with Crippen molar-refractivity contribution in [3.63, 3.8) is 0 Å². The van der Waals surface area contributed by atoms with Crippen LogP contribution in [0.15, 0.2) is 122 Å². The topological polar surface area (TPSA) is 77.3 Å². The number of rotatable bonds is 9. The third kappa shape index (κ3) is 6.30. The molecule has 0 aromatic carbocycles. The van der Waals surface area contributed by atoms with Crippen molar-refractivity contribution >= 4 is 0 Å². The first-order chi connectivity index (χ1) is 19.8.